The van der Waals surface area contributed by atoms with Crippen LogP contribution in [-0.4, -0.2) is 27.3 Å². The van der Waals surface area contributed by atoms with Gasteiger partial charge in [0.25, 0.3) is 0 Å². The van der Waals surface area contributed by atoms with E-state index in [2.05, 4.69) is 31.3 Å². The number of nitrogens with zero attached hydrogens (tertiary/aromatic N) is 3. The van der Waals surface area contributed by atoms with Crippen LogP contribution in [0.5, 0.6) is 0 Å². The molecule has 3 aromatic heterocycles. The number of fused-ring (bicyclic) bond motifs is 1. The molecule has 0 radical (unpaired) electrons. The molecule has 0 amide bonds. The molecule has 23 heavy (non-hydrogen) atoms. The van der Waals surface area contributed by atoms with Crippen molar-refractivity contribution in [3.05, 3.63) is 43.9 Å². The Labute approximate surface area is 149 Å². The summed E-state index contributed by atoms with van der Waals surface area (Å²) >= 11 is 11.1. The minimum Gasteiger partial charge on any atom is -0.363 e. The van der Waals surface area contributed by atoms with Gasteiger partial charge in [0, 0.05) is 10.9 Å². The van der Waals surface area contributed by atoms with Crippen molar-refractivity contribution >= 4 is 50.2 Å². The van der Waals surface area contributed by atoms with Gasteiger partial charge in [0.15, 0.2) is 5.82 Å². The molecule has 0 bridgehead atoms. The molecule has 0 spiro atoms. The highest BCUT2D eigenvalue weighted by molar-refractivity contribution is 9.10. The number of hydrogen-bond donors (Lipinski definition) is 2. The van der Waals surface area contributed by atoms with Crippen LogP contribution in [0.4, 0.5) is 10.2 Å². The van der Waals surface area contributed by atoms with Gasteiger partial charge in [0.1, 0.15) is 16.8 Å². The van der Waals surface area contributed by atoms with E-state index in [0.717, 1.165) is 11.1 Å². The molecule has 5 nitrogen and oxygen atoms in total. The molecule has 3 N–H and O–H groups in total. The molecule has 0 aliphatic rings. The summed E-state index contributed by atoms with van der Waals surface area (Å²) < 4.78 is 15.0. The fraction of sp³-hybridized carbons (Fsp3) is 0.286. The number of thiophene rings is 1. The van der Waals surface area contributed by atoms with Crippen LogP contribution in [0, 0.1) is 0 Å². The zero-order valence-corrected chi connectivity index (χ0v) is 15.1. The summed E-state index contributed by atoms with van der Waals surface area (Å²) in [5, 5.41) is 9.60. The monoisotopic (exact) mass is 417 g/mol. The summed E-state index contributed by atoms with van der Waals surface area (Å²) in [7, 11) is 0. The van der Waals surface area contributed by atoms with Gasteiger partial charge in [-0.25, -0.2) is 8.91 Å². The van der Waals surface area contributed by atoms with Gasteiger partial charge in [-0.1, -0.05) is 6.07 Å². The third-order valence-electron chi connectivity index (χ3n) is 3.31. The average Bonchev–Trinajstić information content (AvgIpc) is 3.15. The maximum Gasteiger partial charge on any atom is 0.243 e. The zero-order valence-electron chi connectivity index (χ0n) is 12.0. The van der Waals surface area contributed by atoms with Crippen molar-refractivity contribution in [3.63, 3.8) is 0 Å². The van der Waals surface area contributed by atoms with Gasteiger partial charge in [-0.15, -0.1) is 16.4 Å². The van der Waals surface area contributed by atoms with Gasteiger partial charge < -0.3 is 11.1 Å². The largest absolute Gasteiger partial charge is 0.363 e. The van der Waals surface area contributed by atoms with Crippen molar-refractivity contribution < 1.29 is 4.39 Å². The van der Waals surface area contributed by atoms with Crippen LogP contribution in [0.3, 0.4) is 0 Å². The normalized spacial score (nSPS) is 12.7. The highest BCUT2D eigenvalue weighted by atomic mass is 79.9. The molecule has 0 aromatic carbocycles. The molecule has 0 aliphatic heterocycles. The van der Waals surface area contributed by atoms with Gasteiger partial charge in [-0.05, 0) is 57.0 Å². The second-order valence-electron chi connectivity index (χ2n) is 5.04. The number of nitrogens with two attached hydrogens (primary N) is 1. The minimum absolute atomic E-state index is 0.129. The predicted molar refractivity (Wildman–Crippen MR) is 95.0 cm³/mol. The van der Waals surface area contributed by atoms with E-state index in [1.165, 1.54) is 4.88 Å². The van der Waals surface area contributed by atoms with Gasteiger partial charge >= 0.3 is 0 Å². The fourth-order valence-corrected chi connectivity index (χ4v) is 3.59. The molecule has 122 valence electrons. The van der Waals surface area contributed by atoms with Crippen molar-refractivity contribution in [2.45, 2.75) is 19.0 Å². The van der Waals surface area contributed by atoms with Gasteiger partial charge in [-0.3, -0.25) is 0 Å². The first-order valence-corrected chi connectivity index (χ1v) is 8.95. The summed E-state index contributed by atoms with van der Waals surface area (Å²) in [4.78, 5) is 5.44. The lowest BCUT2D eigenvalue weighted by Gasteiger charge is -2.07. The fourth-order valence-electron chi connectivity index (χ4n) is 2.24. The van der Waals surface area contributed by atoms with Crippen LogP contribution in [0.25, 0.3) is 5.52 Å². The smallest absolute Gasteiger partial charge is 0.243 e. The van der Waals surface area contributed by atoms with Crippen molar-refractivity contribution in [2.75, 3.05) is 12.0 Å². The number of hydrogen-bond acceptors (Lipinski definition) is 5. The van der Waals surface area contributed by atoms with Crippen LogP contribution in [0.2, 0.25) is 5.28 Å². The Morgan fingerprint density at radius 3 is 3.04 bits per heavy atom. The van der Waals surface area contributed by atoms with Crippen molar-refractivity contribution in [2.24, 2.45) is 5.73 Å². The first kappa shape index (κ1) is 16.6. The molecule has 0 saturated heterocycles. The van der Waals surface area contributed by atoms with Crippen LogP contribution in [-0.2, 0) is 13.0 Å². The number of halogens is 3. The highest BCUT2D eigenvalue weighted by Crippen LogP contribution is 2.28. The Bertz CT molecular complexity index is 807. The third-order valence-corrected chi connectivity index (χ3v) is 5.19. The summed E-state index contributed by atoms with van der Waals surface area (Å²) in [5.41, 5.74) is 7.33. The van der Waals surface area contributed by atoms with E-state index in [0.29, 0.717) is 23.4 Å². The number of aromatic nitrogens is 3. The molecule has 3 rings (SSSR count). The molecular formula is C14H14BrClFN5S. The first-order valence-electron chi connectivity index (χ1n) is 6.90. The SMILES string of the molecule is N[C@@H](CF)Cc1cc2c(NCc3cccs3)nc(Cl)nn2c1Br. The van der Waals surface area contributed by atoms with Crippen LogP contribution in [0.15, 0.2) is 28.2 Å². The molecule has 9 heteroatoms. The van der Waals surface area contributed by atoms with E-state index in [4.69, 9.17) is 17.3 Å². The number of rotatable bonds is 6. The van der Waals surface area contributed by atoms with E-state index in [-0.39, 0.29) is 5.28 Å². The molecule has 0 unspecified atom stereocenters. The highest BCUT2D eigenvalue weighted by Gasteiger charge is 2.16. The zero-order chi connectivity index (χ0) is 16.4. The summed E-state index contributed by atoms with van der Waals surface area (Å²) in [5.74, 6) is 0.624. The second-order valence-corrected chi connectivity index (χ2v) is 7.16. The van der Waals surface area contributed by atoms with E-state index in [9.17, 15) is 4.39 Å². The third kappa shape index (κ3) is 3.65. The van der Waals surface area contributed by atoms with E-state index < -0.39 is 12.7 Å². The van der Waals surface area contributed by atoms with Crippen molar-refractivity contribution in [1.82, 2.24) is 14.6 Å². The maximum atomic E-state index is 12.7. The van der Waals surface area contributed by atoms with E-state index >= 15 is 0 Å². The topological polar surface area (TPSA) is 68.2 Å². The molecular weight excluding hydrogens is 405 g/mol. The Balaban J connectivity index is 1.95. The Hall–Kier alpha value is -1.22. The van der Waals surface area contributed by atoms with Crippen molar-refractivity contribution in [3.8, 4) is 0 Å². The van der Waals surface area contributed by atoms with E-state index in [1.54, 1.807) is 15.9 Å². The number of anilines is 1. The van der Waals surface area contributed by atoms with Gasteiger partial charge in [0.05, 0.1) is 6.54 Å². The summed E-state index contributed by atoms with van der Waals surface area (Å²) in [6, 6.07) is 5.38. The Morgan fingerprint density at radius 2 is 2.35 bits per heavy atom. The van der Waals surface area contributed by atoms with Gasteiger partial charge in [-0.2, -0.15) is 4.98 Å². The van der Waals surface area contributed by atoms with E-state index in [1.807, 2.05) is 23.6 Å². The lowest BCUT2D eigenvalue weighted by atomic mass is 10.1. The van der Waals surface area contributed by atoms with Crippen LogP contribution in [0.1, 0.15) is 10.4 Å². The summed E-state index contributed by atoms with van der Waals surface area (Å²) in [6.07, 6.45) is 0.405. The number of alkyl halides is 1. The molecule has 3 aromatic rings. The summed E-state index contributed by atoms with van der Waals surface area (Å²) in [6.45, 7) is 0.0668. The Morgan fingerprint density at radius 1 is 1.52 bits per heavy atom. The first-order chi connectivity index (χ1) is 11.1. The average molecular weight is 419 g/mol. The van der Waals surface area contributed by atoms with Crippen molar-refractivity contribution in [1.29, 1.82) is 0 Å². The van der Waals surface area contributed by atoms with Gasteiger partial charge in [0.2, 0.25) is 5.28 Å². The van der Waals surface area contributed by atoms with Crippen LogP contribution < -0.4 is 11.1 Å². The molecule has 1 atom stereocenters. The second kappa shape index (κ2) is 7.12. The predicted octanol–water partition coefficient (Wildman–Crippen LogP) is 3.66. The Kier molecular flexibility index (Phi) is 5.15. The quantitative estimate of drug-likeness (QED) is 0.641. The molecule has 0 fully saturated rings. The standard InChI is InChI=1S/C14H14BrClFN5S/c15-12-8(4-9(18)6-17)5-11-13(20-14(16)21-22(11)12)19-7-10-2-1-3-23-10/h1-3,5,9H,4,6-7,18H2,(H,19,20,21)/t9-/m1/s1. The molecule has 0 saturated carbocycles. The number of nitrogens with one attached hydrogen (secondary N) is 1. The maximum absolute atomic E-state index is 12.7. The van der Waals surface area contributed by atoms with Crippen LogP contribution >= 0.6 is 38.9 Å². The lowest BCUT2D eigenvalue weighted by molar-refractivity contribution is 0.426. The molecule has 3 heterocycles. The lowest BCUT2D eigenvalue weighted by Crippen LogP contribution is -2.24. The minimum atomic E-state index is -0.575. The molecule has 0 aliphatic carbocycles.